The van der Waals surface area contributed by atoms with Gasteiger partial charge in [-0.05, 0) is 0 Å². The van der Waals surface area contributed by atoms with Gasteiger partial charge < -0.3 is 4.42 Å². The third-order valence-corrected chi connectivity index (χ3v) is 3.80. The van der Waals surface area contributed by atoms with Crippen molar-refractivity contribution in [3.05, 3.63) is 24.1 Å². The van der Waals surface area contributed by atoms with E-state index in [9.17, 15) is 4.39 Å². The summed E-state index contributed by atoms with van der Waals surface area (Å²) in [6, 6.07) is 3.30. The summed E-state index contributed by atoms with van der Waals surface area (Å²) in [6.07, 6.45) is 1.21. The Kier molecular flexibility index (Phi) is 1.96. The first-order chi connectivity index (χ1) is 6.47. The van der Waals surface area contributed by atoms with Gasteiger partial charge in [-0.2, -0.15) is 0 Å². The lowest BCUT2D eigenvalue weighted by Gasteiger charge is -2.10. The van der Waals surface area contributed by atoms with E-state index in [0.717, 1.165) is 10.9 Å². The summed E-state index contributed by atoms with van der Waals surface area (Å²) in [5.41, 5.74) is 1.28. The van der Waals surface area contributed by atoms with Crippen molar-refractivity contribution in [2.45, 2.75) is 19.6 Å². The Morgan fingerprint density at radius 1 is 1.29 bits per heavy atom. The molecule has 0 radical (unpaired) electrons. The molecule has 2 aromatic heterocycles. The van der Waals surface area contributed by atoms with Crippen molar-refractivity contribution >= 4 is 24.6 Å². The second kappa shape index (κ2) is 2.92. The molecule has 14 heavy (non-hydrogen) atoms. The Bertz CT molecular complexity index is 472. The Labute approximate surface area is 82.8 Å². The summed E-state index contributed by atoms with van der Waals surface area (Å²) in [5, 5.41) is 0.964. The number of fused-ring (bicyclic) bond motifs is 1. The molecule has 2 rings (SSSR count). The van der Waals surface area contributed by atoms with Crippen molar-refractivity contribution in [1.29, 1.82) is 0 Å². The number of furan rings is 1. The Hall–Kier alpha value is -1.16. The monoisotopic (exact) mass is 209 g/mol. The van der Waals surface area contributed by atoms with E-state index in [2.05, 4.69) is 24.6 Å². The third kappa shape index (κ3) is 1.57. The molecule has 0 bridgehead atoms. The zero-order valence-corrected chi connectivity index (χ0v) is 9.47. The van der Waals surface area contributed by atoms with Crippen LogP contribution in [0.2, 0.25) is 19.6 Å². The smallest absolute Gasteiger partial charge is 0.154 e. The first kappa shape index (κ1) is 9.39. The van der Waals surface area contributed by atoms with Gasteiger partial charge in [0.25, 0.3) is 0 Å². The number of halogens is 1. The van der Waals surface area contributed by atoms with Gasteiger partial charge in [-0.3, -0.25) is 0 Å². The highest BCUT2D eigenvalue weighted by atomic mass is 28.3. The van der Waals surface area contributed by atoms with Gasteiger partial charge in [-0.1, -0.05) is 19.6 Å². The van der Waals surface area contributed by atoms with Gasteiger partial charge >= 0.3 is 0 Å². The second-order valence-corrected chi connectivity index (χ2v) is 9.39. The van der Waals surface area contributed by atoms with Crippen LogP contribution in [0.25, 0.3) is 11.1 Å². The minimum Gasteiger partial charge on any atom is -0.464 e. The number of hydrogen-bond donors (Lipinski definition) is 0. The molecule has 0 aromatic carbocycles. The molecule has 0 unspecified atom stereocenters. The van der Waals surface area contributed by atoms with Gasteiger partial charge in [0.15, 0.2) is 5.58 Å². The average molecular weight is 209 g/mol. The lowest BCUT2D eigenvalue weighted by atomic mass is 10.4. The molecule has 4 heteroatoms. The van der Waals surface area contributed by atoms with Crippen molar-refractivity contribution in [2.75, 3.05) is 0 Å². The van der Waals surface area contributed by atoms with E-state index in [4.69, 9.17) is 4.42 Å². The SMILES string of the molecule is C[Si](C)(C)c1cc2ncc(F)cc2o1. The second-order valence-electron chi connectivity index (χ2n) is 4.40. The van der Waals surface area contributed by atoms with Crippen molar-refractivity contribution < 1.29 is 8.81 Å². The zero-order chi connectivity index (χ0) is 10.3. The predicted octanol–water partition coefficient (Wildman–Crippen LogP) is 2.51. The fraction of sp³-hybridized carbons (Fsp3) is 0.300. The van der Waals surface area contributed by atoms with Crippen molar-refractivity contribution in [1.82, 2.24) is 4.98 Å². The summed E-state index contributed by atoms with van der Waals surface area (Å²) in [4.78, 5) is 3.97. The van der Waals surface area contributed by atoms with Gasteiger partial charge in [-0.15, -0.1) is 0 Å². The molecular weight excluding hydrogens is 197 g/mol. The Balaban J connectivity index is 2.63. The lowest BCUT2D eigenvalue weighted by Crippen LogP contribution is -2.36. The molecule has 0 saturated carbocycles. The molecule has 2 aromatic rings. The maximum Gasteiger partial charge on any atom is 0.154 e. The molecule has 2 heterocycles. The van der Waals surface area contributed by atoms with Crippen LogP contribution in [0.5, 0.6) is 0 Å². The maximum atomic E-state index is 12.8. The van der Waals surface area contributed by atoms with E-state index in [0.29, 0.717) is 5.58 Å². The number of pyridine rings is 1. The fourth-order valence-corrected chi connectivity index (χ4v) is 2.25. The van der Waals surface area contributed by atoms with E-state index < -0.39 is 8.07 Å². The molecular formula is C10H12FNOSi. The summed E-state index contributed by atoms with van der Waals surface area (Å²) in [7, 11) is -1.46. The largest absolute Gasteiger partial charge is 0.464 e. The topological polar surface area (TPSA) is 26.0 Å². The maximum absolute atomic E-state index is 12.8. The number of aromatic nitrogens is 1. The first-order valence-electron chi connectivity index (χ1n) is 4.52. The van der Waals surface area contributed by atoms with Crippen molar-refractivity contribution in [2.24, 2.45) is 0 Å². The average Bonchev–Trinajstić information content (AvgIpc) is 2.45. The number of rotatable bonds is 1. The minimum atomic E-state index is -1.46. The summed E-state index contributed by atoms with van der Waals surface area (Å²) in [6.45, 7) is 6.54. The predicted molar refractivity (Wildman–Crippen MR) is 56.9 cm³/mol. The van der Waals surface area contributed by atoms with Gasteiger partial charge in [-0.25, -0.2) is 9.37 Å². The van der Waals surface area contributed by atoms with Gasteiger partial charge in [0, 0.05) is 12.1 Å². The Morgan fingerprint density at radius 3 is 2.64 bits per heavy atom. The number of nitrogens with zero attached hydrogens (tertiary/aromatic N) is 1. The highest BCUT2D eigenvalue weighted by Crippen LogP contribution is 2.15. The third-order valence-electron chi connectivity index (χ3n) is 2.08. The van der Waals surface area contributed by atoms with E-state index in [1.807, 2.05) is 6.07 Å². The standard InChI is InChI=1S/C10H12FNOSi/c1-14(2,3)10-5-8-9(13-10)4-7(11)6-12-8/h4-6H,1-3H3. The van der Waals surface area contributed by atoms with Crippen LogP contribution >= 0.6 is 0 Å². The normalized spacial score (nSPS) is 12.3. The quantitative estimate of drug-likeness (QED) is 0.674. The molecule has 74 valence electrons. The van der Waals surface area contributed by atoms with E-state index >= 15 is 0 Å². The summed E-state index contributed by atoms with van der Waals surface area (Å²) < 4.78 is 18.4. The van der Waals surface area contributed by atoms with Crippen molar-refractivity contribution in [3.8, 4) is 0 Å². The highest BCUT2D eigenvalue weighted by molar-refractivity contribution is 6.87. The minimum absolute atomic E-state index is 0.353. The van der Waals surface area contributed by atoms with Crippen LogP contribution in [0.15, 0.2) is 22.7 Å². The van der Waals surface area contributed by atoms with E-state index in [1.165, 1.54) is 12.3 Å². The summed E-state index contributed by atoms with van der Waals surface area (Å²) in [5.74, 6) is -0.353. The zero-order valence-electron chi connectivity index (χ0n) is 8.47. The van der Waals surface area contributed by atoms with Crippen LogP contribution in [-0.4, -0.2) is 13.1 Å². The van der Waals surface area contributed by atoms with E-state index in [1.54, 1.807) is 0 Å². The highest BCUT2D eigenvalue weighted by Gasteiger charge is 2.21. The molecule has 2 nitrogen and oxygen atoms in total. The van der Waals surface area contributed by atoms with Crippen LogP contribution in [0, 0.1) is 5.82 Å². The van der Waals surface area contributed by atoms with Crippen LogP contribution in [0.1, 0.15) is 0 Å². The van der Waals surface area contributed by atoms with Crippen molar-refractivity contribution in [3.63, 3.8) is 0 Å². The van der Waals surface area contributed by atoms with Gasteiger partial charge in [0.1, 0.15) is 19.4 Å². The molecule has 0 aliphatic carbocycles. The first-order valence-corrected chi connectivity index (χ1v) is 8.02. The molecule has 0 saturated heterocycles. The molecule has 0 spiro atoms. The molecule has 0 amide bonds. The van der Waals surface area contributed by atoms with E-state index in [-0.39, 0.29) is 5.82 Å². The molecule has 0 N–H and O–H groups in total. The van der Waals surface area contributed by atoms with Crippen LogP contribution < -0.4 is 5.38 Å². The van der Waals surface area contributed by atoms with Gasteiger partial charge in [0.05, 0.1) is 11.6 Å². The summed E-state index contributed by atoms with van der Waals surface area (Å²) >= 11 is 0. The van der Waals surface area contributed by atoms with Crippen LogP contribution in [0.3, 0.4) is 0 Å². The van der Waals surface area contributed by atoms with Crippen LogP contribution in [-0.2, 0) is 0 Å². The Morgan fingerprint density at radius 2 is 2.00 bits per heavy atom. The molecule has 0 fully saturated rings. The molecule has 0 aliphatic heterocycles. The van der Waals surface area contributed by atoms with Crippen LogP contribution in [0.4, 0.5) is 4.39 Å². The number of hydrogen-bond acceptors (Lipinski definition) is 2. The molecule has 0 atom stereocenters. The fourth-order valence-electron chi connectivity index (χ4n) is 1.26. The lowest BCUT2D eigenvalue weighted by molar-refractivity contribution is 0.608. The molecule has 0 aliphatic rings. The van der Waals surface area contributed by atoms with Gasteiger partial charge in [0.2, 0.25) is 0 Å².